The number of hydrogen-bond donors (Lipinski definition) is 1. The van der Waals surface area contributed by atoms with E-state index < -0.39 is 25.9 Å². The van der Waals surface area contributed by atoms with Gasteiger partial charge in [-0.3, -0.25) is 0 Å². The van der Waals surface area contributed by atoms with Gasteiger partial charge in [0.15, 0.2) is 9.84 Å². The van der Waals surface area contributed by atoms with E-state index in [9.17, 15) is 16.8 Å². The maximum atomic E-state index is 12.9. The Hall–Kier alpha value is -1.12. The second kappa shape index (κ2) is 5.26. The molecule has 1 fully saturated rings. The minimum absolute atomic E-state index is 0.0144. The number of hydrogen-bond acceptors (Lipinski definition) is 5. The predicted octanol–water partition coefficient (Wildman–Crippen LogP) is 0.693. The highest BCUT2D eigenvalue weighted by molar-refractivity contribution is 7.92. The van der Waals surface area contributed by atoms with Gasteiger partial charge in [-0.1, -0.05) is 6.07 Å². The van der Waals surface area contributed by atoms with Crippen molar-refractivity contribution in [3.63, 3.8) is 0 Å². The third kappa shape index (κ3) is 2.93. The van der Waals surface area contributed by atoms with Crippen molar-refractivity contribution in [1.29, 1.82) is 0 Å². The molecule has 0 aliphatic carbocycles. The third-order valence-corrected chi connectivity index (χ3v) is 7.92. The summed E-state index contributed by atoms with van der Waals surface area (Å²) < 4.78 is 50.3. The van der Waals surface area contributed by atoms with Crippen LogP contribution < -0.4 is 5.73 Å². The topological polar surface area (TPSA) is 97.5 Å². The quantitative estimate of drug-likeness (QED) is 0.804. The van der Waals surface area contributed by atoms with Crippen molar-refractivity contribution in [2.75, 3.05) is 23.8 Å². The van der Waals surface area contributed by atoms with E-state index in [0.717, 1.165) is 0 Å². The first-order chi connectivity index (χ1) is 9.56. The summed E-state index contributed by atoms with van der Waals surface area (Å²) >= 11 is 0. The van der Waals surface area contributed by atoms with E-state index in [2.05, 4.69) is 0 Å². The molecule has 0 amide bonds. The Morgan fingerprint density at radius 2 is 1.90 bits per heavy atom. The molecule has 6 nitrogen and oxygen atoms in total. The highest BCUT2D eigenvalue weighted by atomic mass is 32.2. The lowest BCUT2D eigenvalue weighted by atomic mass is 10.1. The third-order valence-electron chi connectivity index (χ3n) is 3.82. The van der Waals surface area contributed by atoms with Gasteiger partial charge in [0.05, 0.1) is 16.4 Å². The Balaban J connectivity index is 2.52. The van der Waals surface area contributed by atoms with Crippen molar-refractivity contribution in [3.8, 4) is 0 Å². The summed E-state index contributed by atoms with van der Waals surface area (Å²) in [5.74, 6) is -0.288. The number of aryl methyl sites for hydroxylation is 1. The Bertz CT molecular complexity index is 770. The van der Waals surface area contributed by atoms with Crippen molar-refractivity contribution >= 4 is 25.5 Å². The smallest absolute Gasteiger partial charge is 0.243 e. The van der Waals surface area contributed by atoms with Gasteiger partial charge in [-0.2, -0.15) is 4.31 Å². The summed E-state index contributed by atoms with van der Waals surface area (Å²) in [5, 5.41) is 0. The van der Waals surface area contributed by atoms with E-state index in [4.69, 9.17) is 5.73 Å². The molecule has 1 unspecified atom stereocenters. The molecule has 1 saturated heterocycles. The fourth-order valence-electron chi connectivity index (χ4n) is 2.70. The summed E-state index contributed by atoms with van der Waals surface area (Å²) in [4.78, 5) is 0.189. The highest BCUT2D eigenvalue weighted by Gasteiger charge is 2.37. The van der Waals surface area contributed by atoms with E-state index in [1.807, 2.05) is 0 Å². The van der Waals surface area contributed by atoms with E-state index >= 15 is 0 Å². The molecule has 2 N–H and O–H groups in total. The number of anilines is 1. The highest BCUT2D eigenvalue weighted by Crippen LogP contribution is 2.30. The van der Waals surface area contributed by atoms with Gasteiger partial charge in [-0.05, 0) is 38.0 Å². The minimum Gasteiger partial charge on any atom is -0.398 e. The van der Waals surface area contributed by atoms with Crippen LogP contribution in [0, 0.1) is 13.8 Å². The average molecular weight is 332 g/mol. The van der Waals surface area contributed by atoms with Crippen molar-refractivity contribution in [3.05, 3.63) is 23.3 Å². The van der Waals surface area contributed by atoms with Crippen LogP contribution in [0.4, 0.5) is 5.69 Å². The molecular formula is C13H20N2O4S2. The molecular weight excluding hydrogens is 312 g/mol. The standard InChI is InChI=1S/C13H20N2O4S2/c1-9-4-5-12(14)11(3)13(9)21(18,19)15-6-7-20(16,17)8-10(15)2/h4-5,10H,6-8,14H2,1-3H3. The number of benzene rings is 1. The van der Waals surface area contributed by atoms with Gasteiger partial charge in [0, 0.05) is 18.3 Å². The number of nitrogens with two attached hydrogens (primary N) is 1. The summed E-state index contributed by atoms with van der Waals surface area (Å²) in [6, 6.07) is 2.77. The van der Waals surface area contributed by atoms with Crippen molar-refractivity contribution in [2.45, 2.75) is 31.7 Å². The molecule has 0 radical (unpaired) electrons. The molecule has 0 bridgehead atoms. The van der Waals surface area contributed by atoms with Gasteiger partial charge in [0.2, 0.25) is 10.0 Å². The molecule has 0 aromatic heterocycles. The van der Waals surface area contributed by atoms with Gasteiger partial charge in [-0.15, -0.1) is 0 Å². The molecule has 1 atom stereocenters. The van der Waals surface area contributed by atoms with Gasteiger partial charge in [0.25, 0.3) is 0 Å². The molecule has 2 rings (SSSR count). The molecule has 0 saturated carbocycles. The lowest BCUT2D eigenvalue weighted by Gasteiger charge is -2.33. The largest absolute Gasteiger partial charge is 0.398 e. The van der Waals surface area contributed by atoms with Crippen LogP contribution in [-0.4, -0.2) is 45.2 Å². The molecule has 0 spiro atoms. The molecule has 1 aliphatic heterocycles. The van der Waals surface area contributed by atoms with Crippen molar-refractivity contribution in [2.24, 2.45) is 0 Å². The van der Waals surface area contributed by atoms with E-state index in [0.29, 0.717) is 16.8 Å². The van der Waals surface area contributed by atoms with Crippen LogP contribution in [-0.2, 0) is 19.9 Å². The van der Waals surface area contributed by atoms with Crippen LogP contribution in [0.2, 0.25) is 0 Å². The molecule has 8 heteroatoms. The number of rotatable bonds is 2. The first-order valence-corrected chi connectivity index (χ1v) is 9.90. The SMILES string of the molecule is Cc1ccc(N)c(C)c1S(=O)(=O)N1CCS(=O)(=O)CC1C. The first-order valence-electron chi connectivity index (χ1n) is 6.64. The molecule has 1 aromatic rings. The van der Waals surface area contributed by atoms with Crippen LogP contribution in [0.15, 0.2) is 17.0 Å². The maximum Gasteiger partial charge on any atom is 0.243 e. The predicted molar refractivity (Wildman–Crippen MR) is 82.3 cm³/mol. The lowest BCUT2D eigenvalue weighted by molar-refractivity contribution is 0.356. The van der Waals surface area contributed by atoms with Crippen molar-refractivity contribution in [1.82, 2.24) is 4.31 Å². The summed E-state index contributed by atoms with van der Waals surface area (Å²) in [5.41, 5.74) is 7.35. The Morgan fingerprint density at radius 1 is 1.29 bits per heavy atom. The number of nitrogen functional groups attached to an aromatic ring is 1. The molecule has 21 heavy (non-hydrogen) atoms. The van der Waals surface area contributed by atoms with Gasteiger partial charge in [0.1, 0.15) is 0 Å². The molecule has 1 aromatic carbocycles. The van der Waals surface area contributed by atoms with Gasteiger partial charge in [-0.25, -0.2) is 16.8 Å². The zero-order chi connectivity index (χ0) is 16.0. The zero-order valence-corrected chi connectivity index (χ0v) is 14.0. The fraction of sp³-hybridized carbons (Fsp3) is 0.538. The van der Waals surface area contributed by atoms with Crippen LogP contribution >= 0.6 is 0 Å². The fourth-order valence-corrected chi connectivity index (χ4v) is 6.56. The average Bonchev–Trinajstić information content (AvgIpc) is 2.32. The molecule has 118 valence electrons. The molecule has 1 heterocycles. The Morgan fingerprint density at radius 3 is 2.48 bits per heavy atom. The van der Waals surface area contributed by atoms with Crippen LogP contribution in [0.25, 0.3) is 0 Å². The maximum absolute atomic E-state index is 12.9. The van der Waals surface area contributed by atoms with E-state index in [1.54, 1.807) is 32.9 Å². The Labute approximate surface area is 125 Å². The number of sulfonamides is 1. The second-order valence-corrected chi connectivity index (χ2v) is 9.56. The van der Waals surface area contributed by atoms with Crippen LogP contribution in [0.1, 0.15) is 18.1 Å². The van der Waals surface area contributed by atoms with Crippen molar-refractivity contribution < 1.29 is 16.8 Å². The van der Waals surface area contributed by atoms with E-state index in [-0.39, 0.29) is 22.9 Å². The van der Waals surface area contributed by atoms with Crippen LogP contribution in [0.5, 0.6) is 0 Å². The number of sulfone groups is 1. The monoisotopic (exact) mass is 332 g/mol. The summed E-state index contributed by atoms with van der Waals surface area (Å²) in [7, 11) is -6.92. The Kier molecular flexibility index (Phi) is 4.07. The normalized spacial score (nSPS) is 23.1. The summed E-state index contributed by atoms with van der Waals surface area (Å²) in [6.45, 7) is 4.98. The van der Waals surface area contributed by atoms with Gasteiger partial charge >= 0.3 is 0 Å². The zero-order valence-electron chi connectivity index (χ0n) is 12.3. The van der Waals surface area contributed by atoms with E-state index in [1.165, 1.54) is 4.31 Å². The number of nitrogens with zero attached hydrogens (tertiary/aromatic N) is 1. The lowest BCUT2D eigenvalue weighted by Crippen LogP contribution is -2.49. The van der Waals surface area contributed by atoms with Crippen LogP contribution in [0.3, 0.4) is 0 Å². The minimum atomic E-state index is -3.76. The van der Waals surface area contributed by atoms with Gasteiger partial charge < -0.3 is 5.73 Å². The molecule has 1 aliphatic rings. The second-order valence-electron chi connectivity index (χ2n) is 5.50. The first kappa shape index (κ1) is 16.3. The summed E-state index contributed by atoms with van der Waals surface area (Å²) in [6.07, 6.45) is 0.